The molecular formula is C9H9NO5S. The van der Waals surface area contributed by atoms with Crippen LogP contribution in [0.4, 0.5) is 0 Å². The van der Waals surface area contributed by atoms with Gasteiger partial charge < -0.3 is 9.67 Å². The average Bonchev–Trinajstić information content (AvgIpc) is 2.46. The second kappa shape index (κ2) is 3.18. The normalized spacial score (nSPS) is 17.1. The highest BCUT2D eigenvalue weighted by Crippen LogP contribution is 2.23. The van der Waals surface area contributed by atoms with Crippen LogP contribution in [-0.2, 0) is 28.4 Å². The molecule has 0 atom stereocenters. The number of nitrogens with zero attached hydrogens (tertiary/aromatic N) is 1. The van der Waals surface area contributed by atoms with E-state index >= 15 is 0 Å². The lowest BCUT2D eigenvalue weighted by Gasteiger charge is -2.06. The molecule has 0 aromatic carbocycles. The van der Waals surface area contributed by atoms with Crippen LogP contribution in [0.25, 0.3) is 0 Å². The Morgan fingerprint density at radius 1 is 1.44 bits per heavy atom. The topological polar surface area (TPSA) is 93.4 Å². The maximum atomic E-state index is 11.6. The molecule has 1 aliphatic heterocycles. The van der Waals surface area contributed by atoms with Gasteiger partial charge in [0.15, 0.2) is 9.84 Å². The maximum absolute atomic E-state index is 11.6. The van der Waals surface area contributed by atoms with Crippen LogP contribution in [0.2, 0.25) is 0 Å². The molecule has 0 amide bonds. The van der Waals surface area contributed by atoms with Crippen LogP contribution in [0.3, 0.4) is 0 Å². The molecule has 1 N–H and O–H groups in total. The van der Waals surface area contributed by atoms with Crippen LogP contribution in [0.1, 0.15) is 21.6 Å². The standard InChI is InChI=1S/C9H9NO5S/c1-10-7-4-16(14,15)3-5(7)2-6(8(10)11)9(12)13/h2H,3-4H2,1H3,(H,12,13). The number of hydrogen-bond acceptors (Lipinski definition) is 4. The fraction of sp³-hybridized carbons (Fsp3) is 0.333. The number of pyridine rings is 1. The summed E-state index contributed by atoms with van der Waals surface area (Å²) in [4.78, 5) is 22.3. The van der Waals surface area contributed by atoms with Gasteiger partial charge in [-0.1, -0.05) is 0 Å². The van der Waals surface area contributed by atoms with Crippen molar-refractivity contribution < 1.29 is 18.3 Å². The second-order valence-electron chi connectivity index (χ2n) is 3.73. The van der Waals surface area contributed by atoms with Gasteiger partial charge in [-0.05, 0) is 11.6 Å². The third-order valence-electron chi connectivity index (χ3n) is 2.59. The van der Waals surface area contributed by atoms with Gasteiger partial charge in [0.05, 0.1) is 11.5 Å². The van der Waals surface area contributed by atoms with Gasteiger partial charge in [-0.15, -0.1) is 0 Å². The third kappa shape index (κ3) is 1.53. The molecule has 1 aliphatic rings. The van der Waals surface area contributed by atoms with E-state index in [0.717, 1.165) is 10.6 Å². The van der Waals surface area contributed by atoms with Gasteiger partial charge >= 0.3 is 5.97 Å². The van der Waals surface area contributed by atoms with Crippen molar-refractivity contribution in [1.29, 1.82) is 0 Å². The number of carbonyl (C=O) groups is 1. The molecule has 2 heterocycles. The Balaban J connectivity index is 2.76. The smallest absolute Gasteiger partial charge is 0.341 e. The maximum Gasteiger partial charge on any atom is 0.341 e. The van der Waals surface area contributed by atoms with Crippen molar-refractivity contribution in [3.63, 3.8) is 0 Å². The van der Waals surface area contributed by atoms with E-state index < -0.39 is 26.9 Å². The van der Waals surface area contributed by atoms with Crippen molar-refractivity contribution in [3.05, 3.63) is 33.2 Å². The van der Waals surface area contributed by atoms with Gasteiger partial charge in [-0.3, -0.25) is 4.79 Å². The molecule has 1 aromatic heterocycles. The number of fused-ring (bicyclic) bond motifs is 1. The summed E-state index contributed by atoms with van der Waals surface area (Å²) in [6.45, 7) is 0. The Kier molecular flexibility index (Phi) is 2.16. The van der Waals surface area contributed by atoms with Crippen molar-refractivity contribution in [3.8, 4) is 0 Å². The Morgan fingerprint density at radius 2 is 2.06 bits per heavy atom. The molecule has 0 saturated heterocycles. The summed E-state index contributed by atoms with van der Waals surface area (Å²) < 4.78 is 23.8. The summed E-state index contributed by atoms with van der Waals surface area (Å²) in [5, 5.41) is 8.79. The Hall–Kier alpha value is -1.63. The number of rotatable bonds is 1. The van der Waals surface area contributed by atoms with Crippen molar-refractivity contribution in [2.45, 2.75) is 11.5 Å². The highest BCUT2D eigenvalue weighted by molar-refractivity contribution is 7.90. The summed E-state index contributed by atoms with van der Waals surface area (Å²) in [5.41, 5.74) is -0.281. The number of sulfone groups is 1. The van der Waals surface area contributed by atoms with Gasteiger partial charge in [0.2, 0.25) is 0 Å². The van der Waals surface area contributed by atoms with E-state index in [9.17, 15) is 18.0 Å². The van der Waals surface area contributed by atoms with Crippen LogP contribution in [0, 0.1) is 0 Å². The third-order valence-corrected chi connectivity index (χ3v) is 4.06. The molecule has 7 heteroatoms. The highest BCUT2D eigenvalue weighted by Gasteiger charge is 2.29. The SMILES string of the molecule is Cn1c2c(cc(C(=O)O)c1=O)CS(=O)(=O)C2. The fourth-order valence-electron chi connectivity index (χ4n) is 1.80. The Labute approximate surface area is 91.1 Å². The Bertz CT molecular complexity index is 641. The lowest BCUT2D eigenvalue weighted by atomic mass is 10.1. The van der Waals surface area contributed by atoms with Crippen molar-refractivity contribution in [1.82, 2.24) is 4.57 Å². The zero-order valence-corrected chi connectivity index (χ0v) is 9.24. The van der Waals surface area contributed by atoms with Crippen LogP contribution >= 0.6 is 0 Å². The molecule has 2 rings (SSSR count). The van der Waals surface area contributed by atoms with Crippen molar-refractivity contribution >= 4 is 15.8 Å². The molecule has 0 unspecified atom stereocenters. The first-order valence-corrected chi connectivity index (χ1v) is 6.29. The predicted octanol–water partition coefficient (Wildman–Crippen LogP) is -0.488. The number of carboxylic acid groups (broad SMARTS) is 1. The largest absolute Gasteiger partial charge is 0.477 e. The molecule has 1 aromatic rings. The molecule has 0 spiro atoms. The Morgan fingerprint density at radius 3 is 2.62 bits per heavy atom. The summed E-state index contributed by atoms with van der Waals surface area (Å²) >= 11 is 0. The predicted molar refractivity (Wildman–Crippen MR) is 55.0 cm³/mol. The van der Waals surface area contributed by atoms with Gasteiger partial charge in [0.25, 0.3) is 5.56 Å². The zero-order chi connectivity index (χ0) is 12.1. The first-order chi connectivity index (χ1) is 7.32. The van der Waals surface area contributed by atoms with Gasteiger partial charge in [-0.2, -0.15) is 0 Å². The first-order valence-electron chi connectivity index (χ1n) is 4.47. The van der Waals surface area contributed by atoms with Gasteiger partial charge in [-0.25, -0.2) is 13.2 Å². The van der Waals surface area contributed by atoms with E-state index in [1.807, 2.05) is 0 Å². The van der Waals surface area contributed by atoms with Crippen LogP contribution in [-0.4, -0.2) is 24.1 Å². The minimum absolute atomic E-state index is 0.198. The lowest BCUT2D eigenvalue weighted by molar-refractivity contribution is 0.0694. The summed E-state index contributed by atoms with van der Waals surface area (Å²) in [5.74, 6) is -1.74. The molecular weight excluding hydrogens is 234 g/mol. The number of hydrogen-bond donors (Lipinski definition) is 1. The second-order valence-corrected chi connectivity index (χ2v) is 5.80. The monoisotopic (exact) mass is 243 g/mol. The van der Waals surface area contributed by atoms with Crippen molar-refractivity contribution in [2.75, 3.05) is 0 Å². The molecule has 86 valence electrons. The minimum atomic E-state index is -3.24. The number of aromatic nitrogens is 1. The lowest BCUT2D eigenvalue weighted by Crippen LogP contribution is -2.26. The van der Waals surface area contributed by atoms with E-state index in [1.54, 1.807) is 0 Å². The van der Waals surface area contributed by atoms with Crippen LogP contribution in [0.5, 0.6) is 0 Å². The minimum Gasteiger partial charge on any atom is -0.477 e. The van der Waals surface area contributed by atoms with E-state index in [1.165, 1.54) is 7.05 Å². The molecule has 6 nitrogen and oxygen atoms in total. The summed E-state index contributed by atoms with van der Waals surface area (Å²) in [6, 6.07) is 1.16. The van der Waals surface area contributed by atoms with E-state index in [2.05, 4.69) is 0 Å². The fourth-order valence-corrected chi connectivity index (χ4v) is 3.42. The molecule has 0 fully saturated rings. The van der Waals surface area contributed by atoms with E-state index in [0.29, 0.717) is 11.3 Å². The van der Waals surface area contributed by atoms with E-state index in [4.69, 9.17) is 5.11 Å². The summed E-state index contributed by atoms with van der Waals surface area (Å²) in [7, 11) is -1.86. The average molecular weight is 243 g/mol. The summed E-state index contributed by atoms with van der Waals surface area (Å²) in [6.07, 6.45) is 0. The van der Waals surface area contributed by atoms with E-state index in [-0.39, 0.29) is 11.5 Å². The molecule has 0 bridgehead atoms. The molecule has 0 radical (unpaired) electrons. The molecule has 0 aliphatic carbocycles. The zero-order valence-electron chi connectivity index (χ0n) is 8.43. The van der Waals surface area contributed by atoms with Gasteiger partial charge in [0.1, 0.15) is 5.56 Å². The quantitative estimate of drug-likeness (QED) is 0.718. The first kappa shape index (κ1) is 10.9. The van der Waals surface area contributed by atoms with Gasteiger partial charge in [0, 0.05) is 12.7 Å². The molecule has 0 saturated carbocycles. The highest BCUT2D eigenvalue weighted by atomic mass is 32.2. The number of aromatic carboxylic acids is 1. The van der Waals surface area contributed by atoms with Crippen LogP contribution in [0.15, 0.2) is 10.9 Å². The van der Waals surface area contributed by atoms with Crippen LogP contribution < -0.4 is 5.56 Å². The van der Waals surface area contributed by atoms with Crippen molar-refractivity contribution in [2.24, 2.45) is 7.05 Å². The molecule has 16 heavy (non-hydrogen) atoms. The number of carboxylic acids is 1.